The first-order chi connectivity index (χ1) is 9.70. The molecule has 0 bridgehead atoms. The third-order valence-corrected chi connectivity index (χ3v) is 4.75. The molecule has 0 radical (unpaired) electrons. The van der Waals surface area contributed by atoms with E-state index in [1.54, 1.807) is 6.92 Å². The molecule has 2 unspecified atom stereocenters. The van der Waals surface area contributed by atoms with E-state index in [0.29, 0.717) is 0 Å². The lowest BCUT2D eigenvalue weighted by atomic mass is 10.2. The van der Waals surface area contributed by atoms with Gasteiger partial charge in [0.15, 0.2) is 0 Å². The second-order valence-electron chi connectivity index (χ2n) is 4.81. The molecular weight excluding hydrogens is 297 g/mol. The summed E-state index contributed by atoms with van der Waals surface area (Å²) in [6, 6.07) is 3.74. The molecule has 1 aromatic rings. The van der Waals surface area contributed by atoms with Crippen molar-refractivity contribution in [2.75, 3.05) is 13.6 Å². The number of likely N-dealkylation sites (N-methyl/N-ethyl adjacent to an activating group) is 1. The lowest BCUT2D eigenvalue weighted by Crippen LogP contribution is -2.49. The number of amides is 1. The van der Waals surface area contributed by atoms with Gasteiger partial charge in [-0.05, 0) is 26.0 Å². The maximum absolute atomic E-state index is 13.5. The number of carbonyl (C=O) groups excluding carboxylic acids is 1. The highest BCUT2D eigenvalue weighted by atomic mass is 32.2. The predicted molar refractivity (Wildman–Crippen MR) is 77.5 cm³/mol. The minimum atomic E-state index is -4.10. The van der Waals surface area contributed by atoms with Gasteiger partial charge >= 0.3 is 0 Å². The second-order valence-corrected chi connectivity index (χ2v) is 6.49. The van der Waals surface area contributed by atoms with Crippen LogP contribution in [0.5, 0.6) is 0 Å². The summed E-state index contributed by atoms with van der Waals surface area (Å²) in [6.07, 6.45) is 0. The number of halogens is 1. The van der Waals surface area contributed by atoms with E-state index >= 15 is 0 Å². The molecule has 0 heterocycles. The molecule has 2 atom stereocenters. The van der Waals surface area contributed by atoms with Crippen LogP contribution in [0.3, 0.4) is 0 Å². The molecule has 0 aliphatic carbocycles. The van der Waals surface area contributed by atoms with E-state index in [2.05, 4.69) is 4.72 Å². The monoisotopic (exact) mass is 317 g/mol. The number of nitrogens with two attached hydrogens (primary N) is 1. The van der Waals surface area contributed by atoms with Crippen molar-refractivity contribution in [3.63, 3.8) is 0 Å². The summed E-state index contributed by atoms with van der Waals surface area (Å²) < 4.78 is 39.9. The van der Waals surface area contributed by atoms with Crippen LogP contribution in [0.25, 0.3) is 0 Å². The van der Waals surface area contributed by atoms with Crippen LogP contribution in [0.4, 0.5) is 4.39 Å². The normalized spacial score (nSPS) is 14.5. The number of nitrogens with one attached hydrogen (secondary N) is 1. The molecule has 0 fully saturated rings. The Balaban J connectivity index is 2.90. The fourth-order valence-electron chi connectivity index (χ4n) is 1.69. The Bertz CT molecular complexity index is 606. The van der Waals surface area contributed by atoms with E-state index in [4.69, 9.17) is 5.73 Å². The summed E-state index contributed by atoms with van der Waals surface area (Å²) >= 11 is 0. The van der Waals surface area contributed by atoms with Crippen molar-refractivity contribution in [2.45, 2.75) is 30.8 Å². The summed E-state index contributed by atoms with van der Waals surface area (Å²) in [6.45, 7) is 3.41. The Hall–Kier alpha value is -1.51. The molecule has 0 spiro atoms. The van der Waals surface area contributed by atoms with E-state index in [1.807, 2.05) is 0 Å². The Kier molecular flexibility index (Phi) is 5.82. The van der Waals surface area contributed by atoms with E-state index in [1.165, 1.54) is 31.0 Å². The third-order valence-electron chi connectivity index (χ3n) is 3.18. The summed E-state index contributed by atoms with van der Waals surface area (Å²) in [7, 11) is -2.57. The number of benzene rings is 1. The maximum atomic E-state index is 13.5. The van der Waals surface area contributed by atoms with Crippen molar-refractivity contribution in [3.05, 3.63) is 30.1 Å². The topological polar surface area (TPSA) is 92.5 Å². The molecule has 0 aromatic heterocycles. The van der Waals surface area contributed by atoms with Crippen molar-refractivity contribution < 1.29 is 17.6 Å². The van der Waals surface area contributed by atoms with Crippen molar-refractivity contribution in [2.24, 2.45) is 5.73 Å². The first-order valence-electron chi connectivity index (χ1n) is 6.44. The Labute approximate surface area is 124 Å². The summed E-state index contributed by atoms with van der Waals surface area (Å²) in [4.78, 5) is 13.0. The fourth-order valence-corrected chi connectivity index (χ4v) is 2.97. The maximum Gasteiger partial charge on any atom is 0.244 e. The van der Waals surface area contributed by atoms with Crippen LogP contribution in [-0.4, -0.2) is 44.9 Å². The third kappa shape index (κ3) is 4.23. The van der Waals surface area contributed by atoms with Gasteiger partial charge < -0.3 is 10.6 Å². The number of hydrogen-bond donors (Lipinski definition) is 2. The van der Waals surface area contributed by atoms with Crippen molar-refractivity contribution >= 4 is 15.9 Å². The number of nitrogens with zero attached hydrogens (tertiary/aromatic N) is 1. The molecule has 0 aliphatic rings. The molecule has 1 rings (SSSR count). The first-order valence-corrected chi connectivity index (χ1v) is 7.92. The summed E-state index contributed by atoms with van der Waals surface area (Å²) in [5.41, 5.74) is 5.47. The van der Waals surface area contributed by atoms with Gasteiger partial charge in [0.2, 0.25) is 15.9 Å². The van der Waals surface area contributed by atoms with E-state index in [9.17, 15) is 17.6 Å². The van der Waals surface area contributed by atoms with Crippen molar-refractivity contribution in [3.8, 4) is 0 Å². The highest BCUT2D eigenvalue weighted by molar-refractivity contribution is 7.89. The number of hydrogen-bond acceptors (Lipinski definition) is 4. The highest BCUT2D eigenvalue weighted by Gasteiger charge is 2.27. The number of rotatable bonds is 6. The van der Waals surface area contributed by atoms with Gasteiger partial charge in [0.25, 0.3) is 0 Å². The molecule has 0 saturated heterocycles. The molecule has 118 valence electrons. The number of carbonyl (C=O) groups is 1. The van der Waals surface area contributed by atoms with Crippen LogP contribution in [0, 0.1) is 5.82 Å². The Morgan fingerprint density at radius 1 is 1.38 bits per heavy atom. The highest BCUT2D eigenvalue weighted by Crippen LogP contribution is 2.14. The average molecular weight is 317 g/mol. The van der Waals surface area contributed by atoms with Crippen LogP contribution in [0.15, 0.2) is 29.2 Å². The standard InChI is InChI=1S/C13H20FN3O3S/c1-9(8-15)17(3)13(18)10(2)16-21(19,20)12-7-5-4-6-11(12)14/h4-7,9-10,16H,8,15H2,1-3H3. The molecule has 0 aliphatic heterocycles. The predicted octanol–water partition coefficient (Wildman–Crippen LogP) is 0.298. The number of sulfonamides is 1. The average Bonchev–Trinajstić information content (AvgIpc) is 2.44. The van der Waals surface area contributed by atoms with Gasteiger partial charge in [0.05, 0.1) is 6.04 Å². The largest absolute Gasteiger partial charge is 0.340 e. The van der Waals surface area contributed by atoms with Gasteiger partial charge in [-0.15, -0.1) is 0 Å². The van der Waals surface area contributed by atoms with Gasteiger partial charge in [-0.2, -0.15) is 4.72 Å². The fraction of sp³-hybridized carbons (Fsp3) is 0.462. The van der Waals surface area contributed by atoms with Gasteiger partial charge in [-0.3, -0.25) is 4.79 Å². The van der Waals surface area contributed by atoms with Gasteiger partial charge in [0.1, 0.15) is 10.7 Å². The van der Waals surface area contributed by atoms with E-state index in [-0.39, 0.29) is 12.6 Å². The molecule has 21 heavy (non-hydrogen) atoms. The second kappa shape index (κ2) is 6.97. The lowest BCUT2D eigenvalue weighted by Gasteiger charge is -2.27. The van der Waals surface area contributed by atoms with Crippen LogP contribution < -0.4 is 10.5 Å². The Morgan fingerprint density at radius 3 is 2.48 bits per heavy atom. The minimum Gasteiger partial charge on any atom is -0.340 e. The zero-order valence-corrected chi connectivity index (χ0v) is 13.0. The lowest BCUT2D eigenvalue weighted by molar-refractivity contribution is -0.132. The van der Waals surface area contributed by atoms with Crippen LogP contribution in [-0.2, 0) is 14.8 Å². The molecule has 8 heteroatoms. The van der Waals surface area contributed by atoms with Crippen molar-refractivity contribution in [1.82, 2.24) is 9.62 Å². The van der Waals surface area contributed by atoms with E-state index in [0.717, 1.165) is 12.1 Å². The van der Waals surface area contributed by atoms with Gasteiger partial charge in [-0.1, -0.05) is 12.1 Å². The molecule has 0 saturated carbocycles. The molecule has 3 N–H and O–H groups in total. The molecule has 6 nitrogen and oxygen atoms in total. The molecule has 1 amide bonds. The minimum absolute atomic E-state index is 0.224. The van der Waals surface area contributed by atoms with Crippen LogP contribution >= 0.6 is 0 Å². The first kappa shape index (κ1) is 17.5. The summed E-state index contributed by atoms with van der Waals surface area (Å²) in [5.74, 6) is -1.30. The van der Waals surface area contributed by atoms with E-state index < -0.39 is 32.7 Å². The van der Waals surface area contributed by atoms with Crippen LogP contribution in [0.1, 0.15) is 13.8 Å². The molecular formula is C13H20FN3O3S. The molecule has 1 aromatic carbocycles. The van der Waals surface area contributed by atoms with Gasteiger partial charge in [-0.25, -0.2) is 12.8 Å². The Morgan fingerprint density at radius 2 is 1.95 bits per heavy atom. The SMILES string of the molecule is CC(NS(=O)(=O)c1ccccc1F)C(=O)N(C)C(C)CN. The smallest absolute Gasteiger partial charge is 0.244 e. The van der Waals surface area contributed by atoms with Gasteiger partial charge in [0, 0.05) is 19.6 Å². The quantitative estimate of drug-likeness (QED) is 0.789. The summed E-state index contributed by atoms with van der Waals surface area (Å²) in [5, 5.41) is 0. The zero-order chi connectivity index (χ0) is 16.2. The van der Waals surface area contributed by atoms with Crippen molar-refractivity contribution in [1.29, 1.82) is 0 Å². The zero-order valence-electron chi connectivity index (χ0n) is 12.2. The van der Waals surface area contributed by atoms with Crippen LogP contribution in [0.2, 0.25) is 0 Å².